The number of carbonyl (C=O) groups is 1. The largest absolute Gasteiger partial charge is 0.388 e. The van der Waals surface area contributed by atoms with Gasteiger partial charge in [0, 0.05) is 6.54 Å². The summed E-state index contributed by atoms with van der Waals surface area (Å²) in [4.78, 5) is 19.6. The zero-order chi connectivity index (χ0) is 14.6. The van der Waals surface area contributed by atoms with Crippen LogP contribution in [-0.2, 0) is 0 Å². The molecule has 110 valence electrons. The fourth-order valence-electron chi connectivity index (χ4n) is 2.56. The van der Waals surface area contributed by atoms with Crippen molar-refractivity contribution < 1.29 is 9.90 Å². The van der Waals surface area contributed by atoms with E-state index in [1.807, 2.05) is 0 Å². The predicted molar refractivity (Wildman–Crippen MR) is 76.6 cm³/mol. The summed E-state index contributed by atoms with van der Waals surface area (Å²) in [6.45, 7) is 2.43. The molecule has 1 aliphatic carbocycles. The van der Waals surface area contributed by atoms with Gasteiger partial charge in [-0.1, -0.05) is 24.9 Å². The fraction of sp³-hybridized carbons (Fsp3) is 0.643. The van der Waals surface area contributed by atoms with Crippen molar-refractivity contribution in [1.82, 2.24) is 15.3 Å². The minimum absolute atomic E-state index is 0.209. The first-order valence-electron chi connectivity index (χ1n) is 7.00. The summed E-state index contributed by atoms with van der Waals surface area (Å²) in [5, 5.41) is 13.4. The summed E-state index contributed by atoms with van der Waals surface area (Å²) in [5.41, 5.74) is -0.582. The normalized spacial score (nSPS) is 26.2. The lowest BCUT2D eigenvalue weighted by molar-refractivity contribution is -0.00790. The molecule has 0 aromatic carbocycles. The third-order valence-corrected chi connectivity index (χ3v) is 4.24. The summed E-state index contributed by atoms with van der Waals surface area (Å²) in [7, 11) is 0. The first-order chi connectivity index (χ1) is 9.52. The van der Waals surface area contributed by atoms with Crippen LogP contribution in [0.5, 0.6) is 0 Å². The van der Waals surface area contributed by atoms with E-state index in [0.29, 0.717) is 5.92 Å². The highest BCUT2D eigenvalue weighted by Crippen LogP contribution is 2.33. The fourth-order valence-corrected chi connectivity index (χ4v) is 2.66. The van der Waals surface area contributed by atoms with E-state index < -0.39 is 5.60 Å². The summed E-state index contributed by atoms with van der Waals surface area (Å²) < 4.78 is 0. The molecule has 1 heterocycles. The van der Waals surface area contributed by atoms with Gasteiger partial charge in [-0.25, -0.2) is 9.97 Å². The van der Waals surface area contributed by atoms with Gasteiger partial charge in [0.1, 0.15) is 10.8 Å². The van der Waals surface area contributed by atoms with Crippen LogP contribution in [0, 0.1) is 5.92 Å². The van der Waals surface area contributed by atoms with Crippen LogP contribution in [0.1, 0.15) is 49.5 Å². The van der Waals surface area contributed by atoms with Crippen LogP contribution in [0.2, 0.25) is 5.15 Å². The van der Waals surface area contributed by atoms with Gasteiger partial charge in [-0.3, -0.25) is 4.79 Å². The molecule has 1 amide bonds. The van der Waals surface area contributed by atoms with Crippen molar-refractivity contribution in [1.29, 1.82) is 0 Å². The lowest BCUT2D eigenvalue weighted by atomic mass is 9.78. The second-order valence-corrected chi connectivity index (χ2v) is 5.87. The number of halogens is 1. The molecule has 20 heavy (non-hydrogen) atoms. The molecule has 1 fully saturated rings. The third-order valence-electron chi connectivity index (χ3n) is 4.04. The molecule has 0 saturated heterocycles. The predicted octanol–water partition coefficient (Wildman–Crippen LogP) is 2.19. The van der Waals surface area contributed by atoms with E-state index in [1.54, 1.807) is 0 Å². The van der Waals surface area contributed by atoms with Crippen molar-refractivity contribution in [2.75, 3.05) is 6.54 Å². The molecular weight excluding hydrogens is 278 g/mol. The Kier molecular flexibility index (Phi) is 4.94. The van der Waals surface area contributed by atoms with Gasteiger partial charge in [0.2, 0.25) is 0 Å². The molecule has 1 saturated carbocycles. The van der Waals surface area contributed by atoms with Gasteiger partial charge in [0.25, 0.3) is 5.91 Å². The number of amides is 1. The second-order valence-electron chi connectivity index (χ2n) is 5.48. The number of carbonyl (C=O) groups excluding carboxylic acids is 1. The number of nitrogens with one attached hydrogen (secondary N) is 1. The number of aliphatic hydroxyl groups is 1. The Hall–Kier alpha value is -1.20. The van der Waals surface area contributed by atoms with Gasteiger partial charge in [-0.15, -0.1) is 0 Å². The maximum Gasteiger partial charge on any atom is 0.271 e. The lowest BCUT2D eigenvalue weighted by Crippen LogP contribution is -2.45. The maximum absolute atomic E-state index is 11.9. The summed E-state index contributed by atoms with van der Waals surface area (Å²) in [6.07, 6.45) is 7.32. The van der Waals surface area contributed by atoms with Gasteiger partial charge in [0.05, 0.1) is 18.0 Å². The molecule has 0 aliphatic heterocycles. The van der Waals surface area contributed by atoms with Crippen LogP contribution < -0.4 is 5.32 Å². The molecule has 0 atom stereocenters. The highest BCUT2D eigenvalue weighted by molar-refractivity contribution is 6.29. The van der Waals surface area contributed by atoms with Gasteiger partial charge >= 0.3 is 0 Å². The monoisotopic (exact) mass is 297 g/mol. The standard InChI is InChI=1S/C14H20ClN3O2/c1-2-10-3-5-14(20,6-4-10)9-18-13(19)11-7-17-12(15)8-16-11/h7-8,10,20H,2-6,9H2,1H3,(H,18,19). The highest BCUT2D eigenvalue weighted by atomic mass is 35.5. The Balaban J connectivity index is 1.85. The highest BCUT2D eigenvalue weighted by Gasteiger charge is 2.33. The van der Waals surface area contributed by atoms with Crippen molar-refractivity contribution in [3.8, 4) is 0 Å². The number of rotatable bonds is 4. The maximum atomic E-state index is 11.9. The molecule has 0 bridgehead atoms. The van der Waals surface area contributed by atoms with Gasteiger partial charge in [-0.2, -0.15) is 0 Å². The molecular formula is C14H20ClN3O2. The van der Waals surface area contributed by atoms with E-state index in [-0.39, 0.29) is 23.3 Å². The van der Waals surface area contributed by atoms with Gasteiger partial charge in [-0.05, 0) is 31.6 Å². The molecule has 1 aliphatic rings. The molecule has 0 unspecified atom stereocenters. The summed E-state index contributed by atoms with van der Waals surface area (Å²) in [5.74, 6) is 0.369. The van der Waals surface area contributed by atoms with Crippen LogP contribution >= 0.6 is 11.6 Å². The zero-order valence-corrected chi connectivity index (χ0v) is 12.4. The molecule has 1 aromatic heterocycles. The second kappa shape index (κ2) is 6.50. The average Bonchev–Trinajstić information content (AvgIpc) is 2.46. The van der Waals surface area contributed by atoms with Crippen LogP contribution in [-0.4, -0.2) is 33.1 Å². The van der Waals surface area contributed by atoms with Crippen molar-refractivity contribution in [2.45, 2.75) is 44.6 Å². The Morgan fingerprint density at radius 1 is 1.45 bits per heavy atom. The van der Waals surface area contributed by atoms with E-state index in [1.165, 1.54) is 12.4 Å². The van der Waals surface area contributed by atoms with Crippen molar-refractivity contribution in [3.63, 3.8) is 0 Å². The third kappa shape index (κ3) is 3.90. The number of hydrogen-bond donors (Lipinski definition) is 2. The first-order valence-corrected chi connectivity index (χ1v) is 7.38. The number of nitrogens with zero attached hydrogens (tertiary/aromatic N) is 2. The molecule has 0 radical (unpaired) electrons. The summed E-state index contributed by atoms with van der Waals surface area (Å²) >= 11 is 5.62. The van der Waals surface area contributed by atoms with Crippen molar-refractivity contribution >= 4 is 17.5 Å². The molecule has 5 nitrogen and oxygen atoms in total. The van der Waals surface area contributed by atoms with E-state index >= 15 is 0 Å². The average molecular weight is 298 g/mol. The minimum atomic E-state index is -0.790. The Morgan fingerprint density at radius 2 is 2.15 bits per heavy atom. The van der Waals surface area contributed by atoms with E-state index in [2.05, 4.69) is 22.2 Å². The van der Waals surface area contributed by atoms with Gasteiger partial charge < -0.3 is 10.4 Å². The summed E-state index contributed by atoms with van der Waals surface area (Å²) in [6, 6.07) is 0. The van der Waals surface area contributed by atoms with Crippen molar-refractivity contribution in [3.05, 3.63) is 23.2 Å². The molecule has 0 spiro atoms. The van der Waals surface area contributed by atoms with Crippen LogP contribution in [0.4, 0.5) is 0 Å². The first kappa shape index (κ1) is 15.2. The van der Waals surface area contributed by atoms with E-state index in [9.17, 15) is 9.90 Å². The molecule has 2 rings (SSSR count). The van der Waals surface area contributed by atoms with Crippen LogP contribution in [0.15, 0.2) is 12.4 Å². The molecule has 2 N–H and O–H groups in total. The Morgan fingerprint density at radius 3 is 2.70 bits per heavy atom. The number of hydrogen-bond acceptors (Lipinski definition) is 4. The topological polar surface area (TPSA) is 75.1 Å². The van der Waals surface area contributed by atoms with E-state index in [0.717, 1.165) is 32.1 Å². The van der Waals surface area contributed by atoms with E-state index in [4.69, 9.17) is 11.6 Å². The SMILES string of the molecule is CCC1CCC(O)(CNC(=O)c2cnc(Cl)cn2)CC1. The Labute approximate surface area is 123 Å². The van der Waals surface area contributed by atoms with Crippen LogP contribution in [0.3, 0.4) is 0 Å². The van der Waals surface area contributed by atoms with Crippen molar-refractivity contribution in [2.24, 2.45) is 5.92 Å². The quantitative estimate of drug-likeness (QED) is 0.893. The zero-order valence-electron chi connectivity index (χ0n) is 11.6. The number of aromatic nitrogens is 2. The van der Waals surface area contributed by atoms with Crippen LogP contribution in [0.25, 0.3) is 0 Å². The minimum Gasteiger partial charge on any atom is -0.388 e. The molecule has 1 aromatic rings. The molecule has 6 heteroatoms. The smallest absolute Gasteiger partial charge is 0.271 e. The van der Waals surface area contributed by atoms with Gasteiger partial charge in [0.15, 0.2) is 0 Å². The lowest BCUT2D eigenvalue weighted by Gasteiger charge is -2.35. The Bertz CT molecular complexity index is 456.